The standard InChI is InChI=1S/C15H17N3O3/c19-18(20)14-3-4-15(12-5-7-17-9-13(12)14)21-10-11-2-1-6-16-8-11/h3-5,7,9,11,16H,1-2,6,8,10H2. The van der Waals surface area contributed by atoms with Crippen LogP contribution in [0.5, 0.6) is 5.75 Å². The van der Waals surface area contributed by atoms with Crippen molar-refractivity contribution in [3.05, 3.63) is 40.7 Å². The van der Waals surface area contributed by atoms with Crippen LogP contribution in [0.2, 0.25) is 0 Å². The number of nitrogens with zero attached hydrogens (tertiary/aromatic N) is 2. The van der Waals surface area contributed by atoms with Gasteiger partial charge in [0.1, 0.15) is 5.75 Å². The van der Waals surface area contributed by atoms with E-state index in [0.717, 1.165) is 24.9 Å². The van der Waals surface area contributed by atoms with Crippen LogP contribution in [0.15, 0.2) is 30.6 Å². The van der Waals surface area contributed by atoms with Crippen molar-refractivity contribution in [3.63, 3.8) is 0 Å². The van der Waals surface area contributed by atoms with Crippen molar-refractivity contribution in [1.29, 1.82) is 0 Å². The molecule has 110 valence electrons. The molecule has 1 atom stereocenters. The Morgan fingerprint density at radius 3 is 3.05 bits per heavy atom. The molecular formula is C15H17N3O3. The minimum absolute atomic E-state index is 0.0600. The molecule has 1 unspecified atom stereocenters. The Balaban J connectivity index is 1.85. The lowest BCUT2D eigenvalue weighted by molar-refractivity contribution is -0.383. The summed E-state index contributed by atoms with van der Waals surface area (Å²) >= 11 is 0. The van der Waals surface area contributed by atoms with Crippen LogP contribution in [-0.4, -0.2) is 29.6 Å². The van der Waals surface area contributed by atoms with Gasteiger partial charge >= 0.3 is 0 Å². The first-order valence-corrected chi connectivity index (χ1v) is 7.10. The summed E-state index contributed by atoms with van der Waals surface area (Å²) in [5, 5.41) is 15.7. The van der Waals surface area contributed by atoms with Crippen LogP contribution < -0.4 is 10.1 Å². The van der Waals surface area contributed by atoms with E-state index in [1.54, 1.807) is 18.3 Å². The monoisotopic (exact) mass is 287 g/mol. The lowest BCUT2D eigenvalue weighted by Crippen LogP contribution is -2.33. The van der Waals surface area contributed by atoms with E-state index in [1.165, 1.54) is 18.7 Å². The Labute approximate surface area is 122 Å². The van der Waals surface area contributed by atoms with Gasteiger partial charge in [-0.25, -0.2) is 0 Å². The van der Waals surface area contributed by atoms with Crippen molar-refractivity contribution in [2.24, 2.45) is 5.92 Å². The molecule has 6 heteroatoms. The van der Waals surface area contributed by atoms with Gasteiger partial charge in [0.2, 0.25) is 0 Å². The quantitative estimate of drug-likeness (QED) is 0.690. The van der Waals surface area contributed by atoms with Crippen molar-refractivity contribution in [1.82, 2.24) is 10.3 Å². The third kappa shape index (κ3) is 2.95. The fourth-order valence-electron chi connectivity index (χ4n) is 2.71. The first kappa shape index (κ1) is 13.8. The second-order valence-corrected chi connectivity index (χ2v) is 5.28. The summed E-state index contributed by atoms with van der Waals surface area (Å²) in [6.07, 6.45) is 5.46. The summed E-state index contributed by atoms with van der Waals surface area (Å²) < 4.78 is 5.90. The molecule has 1 aromatic heterocycles. The zero-order valence-electron chi connectivity index (χ0n) is 11.6. The van der Waals surface area contributed by atoms with Crippen LogP contribution in [-0.2, 0) is 0 Å². The Kier molecular flexibility index (Phi) is 3.96. The number of ether oxygens (including phenoxy) is 1. The summed E-state index contributed by atoms with van der Waals surface area (Å²) in [6, 6.07) is 4.92. The second-order valence-electron chi connectivity index (χ2n) is 5.28. The van der Waals surface area contributed by atoms with E-state index in [2.05, 4.69) is 10.3 Å². The average molecular weight is 287 g/mol. The molecular weight excluding hydrogens is 270 g/mol. The van der Waals surface area contributed by atoms with Gasteiger partial charge in [-0.15, -0.1) is 0 Å². The SMILES string of the molecule is O=[N+]([O-])c1ccc(OCC2CCCNC2)c2ccncc12. The molecule has 0 saturated carbocycles. The van der Waals surface area contributed by atoms with Crippen molar-refractivity contribution >= 4 is 16.5 Å². The molecule has 1 N–H and O–H groups in total. The molecule has 0 spiro atoms. The number of fused-ring (bicyclic) bond motifs is 1. The van der Waals surface area contributed by atoms with Gasteiger partial charge in [-0.3, -0.25) is 15.1 Å². The summed E-state index contributed by atoms with van der Waals surface area (Å²) in [7, 11) is 0. The maximum atomic E-state index is 11.1. The predicted octanol–water partition coefficient (Wildman–Crippen LogP) is 2.52. The van der Waals surface area contributed by atoms with Crippen molar-refractivity contribution < 1.29 is 9.66 Å². The van der Waals surface area contributed by atoms with Gasteiger partial charge in [0.25, 0.3) is 5.69 Å². The van der Waals surface area contributed by atoms with Crippen LogP contribution >= 0.6 is 0 Å². The van der Waals surface area contributed by atoms with E-state index in [-0.39, 0.29) is 5.69 Å². The Morgan fingerprint density at radius 2 is 2.29 bits per heavy atom. The molecule has 21 heavy (non-hydrogen) atoms. The first-order chi connectivity index (χ1) is 10.3. The number of piperidine rings is 1. The topological polar surface area (TPSA) is 77.3 Å². The highest BCUT2D eigenvalue weighted by atomic mass is 16.6. The zero-order valence-corrected chi connectivity index (χ0v) is 11.6. The average Bonchev–Trinajstić information content (AvgIpc) is 2.53. The summed E-state index contributed by atoms with van der Waals surface area (Å²) in [4.78, 5) is 14.6. The minimum atomic E-state index is -0.390. The van der Waals surface area contributed by atoms with E-state index in [0.29, 0.717) is 23.7 Å². The number of nitro groups is 1. The van der Waals surface area contributed by atoms with Crippen LogP contribution in [0.3, 0.4) is 0 Å². The smallest absolute Gasteiger partial charge is 0.279 e. The number of hydrogen-bond acceptors (Lipinski definition) is 5. The van der Waals surface area contributed by atoms with Crippen molar-refractivity contribution in [2.75, 3.05) is 19.7 Å². The summed E-state index contributed by atoms with van der Waals surface area (Å²) in [5.74, 6) is 1.18. The maximum Gasteiger partial charge on any atom is 0.279 e. The van der Waals surface area contributed by atoms with Gasteiger partial charge in [-0.05, 0) is 31.5 Å². The number of non-ortho nitro benzene ring substituents is 1. The van der Waals surface area contributed by atoms with E-state index in [4.69, 9.17) is 4.74 Å². The van der Waals surface area contributed by atoms with Gasteiger partial charge in [0, 0.05) is 36.3 Å². The molecule has 0 radical (unpaired) electrons. The van der Waals surface area contributed by atoms with E-state index in [9.17, 15) is 10.1 Å². The molecule has 1 aliphatic heterocycles. The Bertz CT molecular complexity index is 654. The fourth-order valence-corrected chi connectivity index (χ4v) is 2.71. The molecule has 6 nitrogen and oxygen atoms in total. The van der Waals surface area contributed by atoms with E-state index in [1.807, 2.05) is 0 Å². The van der Waals surface area contributed by atoms with Crippen LogP contribution in [0, 0.1) is 16.0 Å². The Hall–Kier alpha value is -2.21. The normalized spacial score (nSPS) is 18.6. The molecule has 3 rings (SSSR count). The minimum Gasteiger partial charge on any atom is -0.493 e. The van der Waals surface area contributed by atoms with Gasteiger partial charge in [0.15, 0.2) is 0 Å². The third-order valence-electron chi connectivity index (χ3n) is 3.83. The highest BCUT2D eigenvalue weighted by Gasteiger charge is 2.17. The Morgan fingerprint density at radius 1 is 1.38 bits per heavy atom. The highest BCUT2D eigenvalue weighted by Crippen LogP contribution is 2.32. The van der Waals surface area contributed by atoms with Gasteiger partial charge in [-0.1, -0.05) is 0 Å². The molecule has 1 aliphatic rings. The number of benzene rings is 1. The molecule has 2 aromatic rings. The molecule has 1 aromatic carbocycles. The maximum absolute atomic E-state index is 11.1. The van der Waals surface area contributed by atoms with Crippen molar-refractivity contribution in [3.8, 4) is 5.75 Å². The lowest BCUT2D eigenvalue weighted by atomic mass is 10.0. The number of nitrogens with one attached hydrogen (secondary N) is 1. The van der Waals surface area contributed by atoms with E-state index >= 15 is 0 Å². The largest absolute Gasteiger partial charge is 0.493 e. The van der Waals surface area contributed by atoms with Crippen LogP contribution in [0.4, 0.5) is 5.69 Å². The molecule has 0 aliphatic carbocycles. The highest BCUT2D eigenvalue weighted by molar-refractivity contribution is 5.94. The number of pyridine rings is 1. The molecule has 0 bridgehead atoms. The number of nitro benzene ring substituents is 1. The van der Waals surface area contributed by atoms with E-state index < -0.39 is 4.92 Å². The zero-order chi connectivity index (χ0) is 14.7. The fraction of sp³-hybridized carbons (Fsp3) is 0.400. The number of hydrogen-bond donors (Lipinski definition) is 1. The van der Waals surface area contributed by atoms with Gasteiger partial charge < -0.3 is 10.1 Å². The number of aromatic nitrogens is 1. The predicted molar refractivity (Wildman–Crippen MR) is 79.5 cm³/mol. The number of rotatable bonds is 4. The van der Waals surface area contributed by atoms with Gasteiger partial charge in [-0.2, -0.15) is 0 Å². The second kappa shape index (κ2) is 6.05. The molecule has 1 fully saturated rings. The summed E-state index contributed by atoms with van der Waals surface area (Å²) in [5.41, 5.74) is 0.0600. The van der Waals surface area contributed by atoms with Crippen molar-refractivity contribution in [2.45, 2.75) is 12.8 Å². The van der Waals surface area contributed by atoms with Crippen LogP contribution in [0.25, 0.3) is 10.8 Å². The third-order valence-corrected chi connectivity index (χ3v) is 3.83. The molecule has 1 saturated heterocycles. The first-order valence-electron chi connectivity index (χ1n) is 7.10. The molecule has 0 amide bonds. The molecule has 2 heterocycles. The summed E-state index contributed by atoms with van der Waals surface area (Å²) in [6.45, 7) is 2.66. The lowest BCUT2D eigenvalue weighted by Gasteiger charge is -2.23. The van der Waals surface area contributed by atoms with Crippen LogP contribution in [0.1, 0.15) is 12.8 Å². The van der Waals surface area contributed by atoms with Gasteiger partial charge in [0.05, 0.1) is 16.9 Å².